The maximum Gasteiger partial charge on any atom is 0.417 e. The molecule has 34 heavy (non-hydrogen) atoms. The highest BCUT2D eigenvalue weighted by molar-refractivity contribution is 7.21. The first-order valence-electron chi connectivity index (χ1n) is 10.7. The first-order valence-corrected chi connectivity index (χ1v) is 11.5. The van der Waals surface area contributed by atoms with Crippen LogP contribution in [0, 0.1) is 5.82 Å². The SMILES string of the molecule is COCc1c(C(=O)N2CCCC(c3nnc4ccc(C(F)(F)F)cn34)C2)sc2cccc(F)c12. The number of methoxy groups -OCH3 is 1. The topological polar surface area (TPSA) is 59.7 Å². The molecule has 1 aliphatic rings. The molecule has 0 aliphatic carbocycles. The fraction of sp³-hybridized carbons (Fsp3) is 0.348. The monoisotopic (exact) mass is 492 g/mol. The molecule has 1 aliphatic heterocycles. The summed E-state index contributed by atoms with van der Waals surface area (Å²) >= 11 is 1.22. The molecule has 0 radical (unpaired) electrons. The minimum Gasteiger partial charge on any atom is -0.380 e. The molecule has 1 aromatic carbocycles. The van der Waals surface area contributed by atoms with E-state index in [0.29, 0.717) is 51.4 Å². The molecule has 4 aromatic rings. The van der Waals surface area contributed by atoms with E-state index in [9.17, 15) is 22.4 Å². The molecule has 11 heteroatoms. The van der Waals surface area contributed by atoms with Crippen LogP contribution in [0.5, 0.6) is 0 Å². The summed E-state index contributed by atoms with van der Waals surface area (Å²) in [6.45, 7) is 0.857. The smallest absolute Gasteiger partial charge is 0.380 e. The van der Waals surface area contributed by atoms with Crippen LogP contribution in [0.2, 0.25) is 0 Å². The van der Waals surface area contributed by atoms with Gasteiger partial charge in [-0.3, -0.25) is 9.20 Å². The van der Waals surface area contributed by atoms with Crippen LogP contribution in [-0.2, 0) is 17.5 Å². The molecule has 1 amide bonds. The Morgan fingerprint density at radius 2 is 2.06 bits per heavy atom. The second-order valence-corrected chi connectivity index (χ2v) is 9.30. The van der Waals surface area contributed by atoms with Crippen molar-refractivity contribution in [3.63, 3.8) is 0 Å². The van der Waals surface area contributed by atoms with E-state index >= 15 is 0 Å². The van der Waals surface area contributed by atoms with Gasteiger partial charge in [-0.15, -0.1) is 21.5 Å². The van der Waals surface area contributed by atoms with Crippen molar-refractivity contribution in [3.05, 3.63) is 64.2 Å². The number of piperidine rings is 1. The molecule has 6 nitrogen and oxygen atoms in total. The van der Waals surface area contributed by atoms with Crippen molar-refractivity contribution in [3.8, 4) is 0 Å². The van der Waals surface area contributed by atoms with Crippen LogP contribution >= 0.6 is 11.3 Å². The maximum atomic E-state index is 14.5. The van der Waals surface area contributed by atoms with Gasteiger partial charge in [0.05, 0.1) is 17.0 Å². The van der Waals surface area contributed by atoms with Gasteiger partial charge in [0.25, 0.3) is 5.91 Å². The third-order valence-corrected chi connectivity index (χ3v) is 7.26. The van der Waals surface area contributed by atoms with E-state index in [-0.39, 0.29) is 25.0 Å². The summed E-state index contributed by atoms with van der Waals surface area (Å²) in [4.78, 5) is 15.6. The summed E-state index contributed by atoms with van der Waals surface area (Å²) in [7, 11) is 1.49. The molecule has 0 saturated carbocycles. The Balaban J connectivity index is 1.47. The number of pyridine rings is 1. The van der Waals surface area contributed by atoms with E-state index in [0.717, 1.165) is 12.3 Å². The number of hydrogen-bond acceptors (Lipinski definition) is 5. The largest absolute Gasteiger partial charge is 0.417 e. The molecular weight excluding hydrogens is 472 g/mol. The normalized spacial score (nSPS) is 17.1. The van der Waals surface area contributed by atoms with Gasteiger partial charge in [-0.05, 0) is 37.1 Å². The molecule has 3 aromatic heterocycles. The zero-order chi connectivity index (χ0) is 24.0. The lowest BCUT2D eigenvalue weighted by Gasteiger charge is -2.32. The fourth-order valence-electron chi connectivity index (χ4n) is 4.49. The summed E-state index contributed by atoms with van der Waals surface area (Å²) in [5.41, 5.74) is 0.0329. The van der Waals surface area contributed by atoms with Crippen LogP contribution in [0.3, 0.4) is 0 Å². The Labute approximate surface area is 195 Å². The van der Waals surface area contributed by atoms with E-state index in [2.05, 4.69) is 10.2 Å². The number of amides is 1. The molecule has 1 fully saturated rings. The molecule has 4 heterocycles. The van der Waals surface area contributed by atoms with Gasteiger partial charge in [-0.2, -0.15) is 13.2 Å². The molecule has 5 rings (SSSR count). The number of fused-ring (bicyclic) bond motifs is 2. The van der Waals surface area contributed by atoms with Crippen LogP contribution in [-0.4, -0.2) is 45.6 Å². The Morgan fingerprint density at radius 3 is 2.82 bits per heavy atom. The first kappa shape index (κ1) is 22.7. The van der Waals surface area contributed by atoms with E-state index in [1.807, 2.05) is 0 Å². The second-order valence-electron chi connectivity index (χ2n) is 8.25. The maximum absolute atomic E-state index is 14.5. The van der Waals surface area contributed by atoms with Gasteiger partial charge < -0.3 is 9.64 Å². The molecule has 0 N–H and O–H groups in total. The van der Waals surface area contributed by atoms with Crippen molar-refractivity contribution in [1.82, 2.24) is 19.5 Å². The summed E-state index contributed by atoms with van der Waals surface area (Å²) in [6, 6.07) is 6.97. The highest BCUT2D eigenvalue weighted by atomic mass is 32.1. The third-order valence-electron chi connectivity index (χ3n) is 6.08. The number of rotatable bonds is 4. The summed E-state index contributed by atoms with van der Waals surface area (Å²) in [5, 5.41) is 8.53. The lowest BCUT2D eigenvalue weighted by Crippen LogP contribution is -2.39. The Morgan fingerprint density at radius 1 is 1.24 bits per heavy atom. The number of hydrogen-bond donors (Lipinski definition) is 0. The standard InChI is InChI=1S/C23H20F4N4O2S/c1-33-12-15-19-16(24)5-2-6-17(19)34-20(15)22(32)30-9-3-4-13(10-30)21-29-28-18-8-7-14(11-31(18)21)23(25,26)27/h2,5-8,11,13H,3-4,9-10,12H2,1H3. The van der Waals surface area contributed by atoms with Crippen LogP contribution < -0.4 is 0 Å². The van der Waals surface area contributed by atoms with E-state index in [1.165, 1.54) is 35.0 Å². The van der Waals surface area contributed by atoms with Crippen molar-refractivity contribution in [2.75, 3.05) is 20.2 Å². The van der Waals surface area contributed by atoms with Crippen LogP contribution in [0.1, 0.15) is 45.4 Å². The number of ether oxygens (including phenoxy) is 1. The van der Waals surface area contributed by atoms with Crippen LogP contribution in [0.15, 0.2) is 36.5 Å². The number of halogens is 4. The number of carbonyl (C=O) groups excluding carboxylic acids is 1. The van der Waals surface area contributed by atoms with E-state index in [1.54, 1.807) is 17.0 Å². The van der Waals surface area contributed by atoms with Gasteiger partial charge in [-0.1, -0.05) is 6.07 Å². The Kier molecular flexibility index (Phi) is 5.76. The number of benzene rings is 1. The van der Waals surface area contributed by atoms with Gasteiger partial charge in [0.1, 0.15) is 11.6 Å². The lowest BCUT2D eigenvalue weighted by atomic mass is 9.96. The Hall–Kier alpha value is -3.05. The molecule has 1 saturated heterocycles. The molecule has 178 valence electrons. The average Bonchev–Trinajstić information content (AvgIpc) is 3.40. The fourth-order valence-corrected chi connectivity index (χ4v) is 5.68. The van der Waals surface area contributed by atoms with Gasteiger partial charge in [0, 0.05) is 48.0 Å². The number of thiophene rings is 1. The Bertz CT molecular complexity index is 1380. The number of likely N-dealkylation sites (tertiary alicyclic amines) is 1. The summed E-state index contributed by atoms with van der Waals surface area (Å²) in [6.07, 6.45) is -2.18. The van der Waals surface area contributed by atoms with Gasteiger partial charge >= 0.3 is 6.18 Å². The molecule has 0 bridgehead atoms. The summed E-state index contributed by atoms with van der Waals surface area (Å²) in [5.74, 6) is -0.555. The quantitative estimate of drug-likeness (QED) is 0.365. The van der Waals surface area contributed by atoms with E-state index in [4.69, 9.17) is 4.74 Å². The molecular formula is C23H20F4N4O2S. The number of nitrogens with zero attached hydrogens (tertiary/aromatic N) is 4. The predicted molar refractivity (Wildman–Crippen MR) is 118 cm³/mol. The summed E-state index contributed by atoms with van der Waals surface area (Å²) < 4.78 is 61.5. The molecule has 1 atom stereocenters. The molecule has 1 unspecified atom stereocenters. The number of aromatic nitrogens is 3. The number of carbonyl (C=O) groups is 1. The second kappa shape index (κ2) is 8.62. The van der Waals surface area contributed by atoms with E-state index < -0.39 is 17.6 Å². The third kappa shape index (κ3) is 3.92. The first-order chi connectivity index (χ1) is 16.3. The minimum atomic E-state index is -4.49. The van der Waals surface area contributed by atoms with Crippen LogP contribution in [0.4, 0.5) is 17.6 Å². The predicted octanol–water partition coefficient (Wildman–Crippen LogP) is 5.27. The van der Waals surface area contributed by atoms with Crippen molar-refractivity contribution < 1.29 is 27.1 Å². The number of alkyl halides is 3. The lowest BCUT2D eigenvalue weighted by molar-refractivity contribution is -0.137. The average molecular weight is 492 g/mol. The zero-order valence-electron chi connectivity index (χ0n) is 18.1. The van der Waals surface area contributed by atoms with Crippen molar-refractivity contribution in [2.24, 2.45) is 0 Å². The highest BCUT2D eigenvalue weighted by Crippen LogP contribution is 2.36. The van der Waals surface area contributed by atoms with Gasteiger partial charge in [0.15, 0.2) is 5.65 Å². The highest BCUT2D eigenvalue weighted by Gasteiger charge is 2.34. The zero-order valence-corrected chi connectivity index (χ0v) is 18.9. The van der Waals surface area contributed by atoms with Crippen molar-refractivity contribution >= 4 is 33.0 Å². The minimum absolute atomic E-state index is 0.0916. The van der Waals surface area contributed by atoms with Crippen molar-refractivity contribution in [2.45, 2.75) is 31.5 Å². The van der Waals surface area contributed by atoms with Crippen molar-refractivity contribution in [1.29, 1.82) is 0 Å². The molecule has 0 spiro atoms. The van der Waals surface area contributed by atoms with Gasteiger partial charge in [-0.25, -0.2) is 4.39 Å². The van der Waals surface area contributed by atoms with Crippen LogP contribution in [0.25, 0.3) is 15.7 Å². The van der Waals surface area contributed by atoms with Gasteiger partial charge in [0.2, 0.25) is 0 Å².